The Morgan fingerprint density at radius 3 is 1.27 bits per heavy atom. The summed E-state index contributed by atoms with van der Waals surface area (Å²) >= 11 is 0. The van der Waals surface area contributed by atoms with E-state index in [1.165, 1.54) is 77.0 Å². The molecule has 0 spiro atoms. The van der Waals surface area contributed by atoms with Gasteiger partial charge in [-0.05, 0) is 113 Å². The molecule has 37 heavy (non-hydrogen) atoms. The molecular formula is C34H70O3. The normalized spacial score (nSPS) is 18.6. The summed E-state index contributed by atoms with van der Waals surface area (Å²) in [4.78, 5) is 0. The van der Waals surface area contributed by atoms with Crippen LogP contribution in [0.25, 0.3) is 0 Å². The van der Waals surface area contributed by atoms with Gasteiger partial charge in [0, 0.05) is 13.2 Å². The zero-order valence-corrected chi connectivity index (χ0v) is 26.9. The second-order valence-electron chi connectivity index (χ2n) is 13.7. The second kappa shape index (κ2) is 23.7. The van der Waals surface area contributed by atoms with Gasteiger partial charge >= 0.3 is 0 Å². The highest BCUT2D eigenvalue weighted by Gasteiger charge is 2.19. The lowest BCUT2D eigenvalue weighted by Crippen LogP contribution is -2.15. The van der Waals surface area contributed by atoms with E-state index in [1.807, 2.05) is 6.92 Å². The third-order valence-corrected chi connectivity index (χ3v) is 8.12. The fourth-order valence-electron chi connectivity index (χ4n) is 6.92. The minimum absolute atomic E-state index is 0.167. The number of aliphatic hydroxyl groups excluding tert-OH is 1. The van der Waals surface area contributed by atoms with Crippen molar-refractivity contribution in [2.45, 2.75) is 158 Å². The van der Waals surface area contributed by atoms with E-state index in [-0.39, 0.29) is 6.10 Å². The zero-order valence-electron chi connectivity index (χ0n) is 26.9. The molecule has 0 saturated carbocycles. The van der Waals surface area contributed by atoms with Crippen LogP contribution in [0.15, 0.2) is 0 Å². The Hall–Kier alpha value is -0.120. The van der Waals surface area contributed by atoms with Crippen molar-refractivity contribution in [2.24, 2.45) is 41.4 Å². The fourth-order valence-corrected chi connectivity index (χ4v) is 6.92. The molecule has 1 N–H and O–H groups in total. The minimum atomic E-state index is -0.167. The molecule has 0 saturated heterocycles. The number of hydrogen-bond donors (Lipinski definition) is 1. The molecule has 0 aromatic carbocycles. The average molecular weight is 527 g/mol. The Labute approximate surface area is 234 Å². The molecule has 0 aromatic rings. The predicted octanol–water partition coefficient (Wildman–Crippen LogP) is 10.3. The van der Waals surface area contributed by atoms with E-state index in [9.17, 15) is 5.11 Å². The molecule has 3 nitrogen and oxygen atoms in total. The first kappa shape index (κ1) is 36.9. The van der Waals surface area contributed by atoms with Gasteiger partial charge in [0.15, 0.2) is 0 Å². The van der Waals surface area contributed by atoms with Gasteiger partial charge in [-0.2, -0.15) is 0 Å². The van der Waals surface area contributed by atoms with Crippen molar-refractivity contribution in [3.63, 3.8) is 0 Å². The highest BCUT2D eigenvalue weighted by molar-refractivity contribution is 4.70. The van der Waals surface area contributed by atoms with E-state index < -0.39 is 0 Å². The summed E-state index contributed by atoms with van der Waals surface area (Å²) in [5.41, 5.74) is 0. The van der Waals surface area contributed by atoms with Crippen molar-refractivity contribution in [3.8, 4) is 0 Å². The van der Waals surface area contributed by atoms with E-state index in [1.54, 1.807) is 0 Å². The molecule has 0 aliphatic rings. The van der Waals surface area contributed by atoms with E-state index >= 15 is 0 Å². The van der Waals surface area contributed by atoms with Gasteiger partial charge in [-0.1, -0.05) is 81.1 Å². The lowest BCUT2D eigenvalue weighted by atomic mass is 9.80. The number of aliphatic hydroxyl groups is 1. The van der Waals surface area contributed by atoms with Crippen LogP contribution in [-0.2, 0) is 9.47 Å². The van der Waals surface area contributed by atoms with Crippen LogP contribution in [0, 0.1) is 41.4 Å². The van der Waals surface area contributed by atoms with Crippen LogP contribution in [0.1, 0.15) is 152 Å². The summed E-state index contributed by atoms with van der Waals surface area (Å²) < 4.78 is 11.3. The number of hydrogen-bond acceptors (Lipinski definition) is 3. The molecule has 0 heterocycles. The van der Waals surface area contributed by atoms with E-state index in [0.29, 0.717) is 12.7 Å². The summed E-state index contributed by atoms with van der Waals surface area (Å²) in [6.45, 7) is 23.3. The monoisotopic (exact) mass is 527 g/mol. The van der Waals surface area contributed by atoms with Crippen LogP contribution in [0.4, 0.5) is 0 Å². The fraction of sp³-hybridized carbons (Fsp3) is 1.00. The number of ether oxygens (including phenoxy) is 2. The maximum atomic E-state index is 9.63. The average Bonchev–Trinajstić information content (AvgIpc) is 2.75. The van der Waals surface area contributed by atoms with Crippen LogP contribution in [0.5, 0.6) is 0 Å². The maximum Gasteiger partial charge on any atom is 0.146 e. The molecule has 0 rings (SSSR count). The van der Waals surface area contributed by atoms with Crippen LogP contribution >= 0.6 is 0 Å². The second-order valence-corrected chi connectivity index (χ2v) is 13.7. The molecule has 0 fully saturated rings. The van der Waals surface area contributed by atoms with Crippen LogP contribution < -0.4 is 0 Å². The van der Waals surface area contributed by atoms with E-state index in [4.69, 9.17) is 9.47 Å². The van der Waals surface area contributed by atoms with Gasteiger partial charge < -0.3 is 14.6 Å². The van der Waals surface area contributed by atoms with Gasteiger partial charge in [0.2, 0.25) is 0 Å². The predicted molar refractivity (Wildman–Crippen MR) is 163 cm³/mol. The first-order chi connectivity index (χ1) is 17.5. The molecule has 224 valence electrons. The lowest BCUT2D eigenvalue weighted by Gasteiger charge is -2.26. The third-order valence-electron chi connectivity index (χ3n) is 8.12. The molecule has 0 amide bonds. The summed E-state index contributed by atoms with van der Waals surface area (Å²) in [6, 6.07) is 0. The van der Waals surface area contributed by atoms with Gasteiger partial charge in [-0.15, -0.1) is 0 Å². The summed E-state index contributed by atoms with van der Waals surface area (Å²) in [5, 5.41) is 9.63. The maximum absolute atomic E-state index is 9.63. The summed E-state index contributed by atoms with van der Waals surface area (Å²) in [6.07, 6.45) is 17.6. The first-order valence-electron chi connectivity index (χ1n) is 16.4. The van der Waals surface area contributed by atoms with Crippen molar-refractivity contribution in [3.05, 3.63) is 0 Å². The Bertz CT molecular complexity index is 480. The topological polar surface area (TPSA) is 38.7 Å². The Kier molecular flexibility index (Phi) is 23.7. The third kappa shape index (κ3) is 24.6. The molecule has 0 aliphatic carbocycles. The summed E-state index contributed by atoms with van der Waals surface area (Å²) in [7, 11) is 0. The van der Waals surface area contributed by atoms with Crippen LogP contribution in [0.3, 0.4) is 0 Å². The van der Waals surface area contributed by atoms with Crippen molar-refractivity contribution in [1.82, 2.24) is 0 Å². The highest BCUT2D eigenvalue weighted by Crippen LogP contribution is 2.30. The van der Waals surface area contributed by atoms with Gasteiger partial charge in [-0.3, -0.25) is 0 Å². The van der Waals surface area contributed by atoms with Gasteiger partial charge in [0.05, 0.1) is 6.10 Å². The molecule has 0 radical (unpaired) electrons. The van der Waals surface area contributed by atoms with E-state index in [2.05, 4.69) is 55.4 Å². The van der Waals surface area contributed by atoms with Gasteiger partial charge in [0.25, 0.3) is 0 Å². The van der Waals surface area contributed by atoms with Crippen LogP contribution in [-0.4, -0.2) is 31.2 Å². The van der Waals surface area contributed by atoms with Crippen molar-refractivity contribution in [2.75, 3.05) is 20.0 Å². The molecular weight excluding hydrogens is 456 g/mol. The molecule has 0 aliphatic heterocycles. The molecule has 0 aromatic heterocycles. The number of unbranched alkanes of at least 4 members (excludes halogenated alkanes) is 4. The van der Waals surface area contributed by atoms with Crippen molar-refractivity contribution in [1.29, 1.82) is 0 Å². The number of rotatable bonds is 26. The summed E-state index contributed by atoms with van der Waals surface area (Å²) in [5.74, 6) is 5.39. The first-order valence-corrected chi connectivity index (χ1v) is 16.4. The van der Waals surface area contributed by atoms with Gasteiger partial charge in [0.1, 0.15) is 6.79 Å². The van der Waals surface area contributed by atoms with Crippen molar-refractivity contribution < 1.29 is 14.6 Å². The minimum Gasteiger partial charge on any atom is -0.393 e. The zero-order chi connectivity index (χ0) is 28.1. The highest BCUT2D eigenvalue weighted by atomic mass is 16.7. The lowest BCUT2D eigenvalue weighted by molar-refractivity contribution is -0.0561. The Morgan fingerprint density at radius 1 is 0.459 bits per heavy atom. The molecule has 0 bridgehead atoms. The standard InChI is InChI=1S/C34H70O3/c1-10-11-12-13-14-17-36-26-37-18-15-16-27(2)19-28(3)20-29(4)21-30(5)22-31(6)23-32(7)24-33(8)25-34(9)35/h27-35H,10-26H2,1-9H3. The Morgan fingerprint density at radius 2 is 0.838 bits per heavy atom. The molecule has 8 atom stereocenters. The Balaban J connectivity index is 3.87. The largest absolute Gasteiger partial charge is 0.393 e. The van der Waals surface area contributed by atoms with E-state index in [0.717, 1.165) is 61.6 Å². The van der Waals surface area contributed by atoms with Crippen molar-refractivity contribution >= 4 is 0 Å². The smallest absolute Gasteiger partial charge is 0.146 e. The SMILES string of the molecule is CCCCCCCOCOCCCC(C)CC(C)CC(C)CC(C)CC(C)CC(C)CC(C)CC(C)O. The van der Waals surface area contributed by atoms with Crippen LogP contribution in [0.2, 0.25) is 0 Å². The van der Waals surface area contributed by atoms with Gasteiger partial charge in [-0.25, -0.2) is 0 Å². The molecule has 8 unspecified atom stereocenters. The quantitative estimate of drug-likeness (QED) is 0.0899. The molecule has 3 heteroatoms.